The standard InChI is InChI=1S/C10H9F3N2/c1-6-8(10(11,12)13)9-7(15(6)2)4-3-5-14-9/h3-5H,1-2H3. The molecule has 5 heteroatoms. The Bertz CT molecular complexity index is 511. The van der Waals surface area contributed by atoms with E-state index in [0.717, 1.165) is 0 Å². The van der Waals surface area contributed by atoms with Crippen LogP contribution in [0.5, 0.6) is 0 Å². The van der Waals surface area contributed by atoms with Crippen LogP contribution in [0.2, 0.25) is 0 Å². The molecular formula is C10H9F3N2. The zero-order valence-electron chi connectivity index (χ0n) is 8.26. The van der Waals surface area contributed by atoms with Crippen molar-refractivity contribution in [3.8, 4) is 0 Å². The summed E-state index contributed by atoms with van der Waals surface area (Å²) in [4.78, 5) is 3.79. The molecule has 0 aliphatic carbocycles. The first-order chi connectivity index (χ1) is 6.93. The van der Waals surface area contributed by atoms with E-state index in [1.165, 1.54) is 17.7 Å². The number of nitrogens with zero attached hydrogens (tertiary/aromatic N) is 2. The number of aromatic nitrogens is 2. The van der Waals surface area contributed by atoms with Gasteiger partial charge in [-0.3, -0.25) is 4.98 Å². The van der Waals surface area contributed by atoms with Crippen LogP contribution in [0.1, 0.15) is 11.3 Å². The number of alkyl halides is 3. The first-order valence-electron chi connectivity index (χ1n) is 4.40. The predicted molar refractivity (Wildman–Crippen MR) is 50.5 cm³/mol. The second-order valence-electron chi connectivity index (χ2n) is 3.39. The predicted octanol–water partition coefficient (Wildman–Crippen LogP) is 2.90. The summed E-state index contributed by atoms with van der Waals surface area (Å²) >= 11 is 0. The molecule has 15 heavy (non-hydrogen) atoms. The first-order valence-corrected chi connectivity index (χ1v) is 4.40. The van der Waals surface area contributed by atoms with Gasteiger partial charge in [-0.05, 0) is 19.1 Å². The molecule has 0 radical (unpaired) electrons. The van der Waals surface area contributed by atoms with Crippen LogP contribution in [-0.4, -0.2) is 9.55 Å². The minimum Gasteiger partial charge on any atom is -0.346 e. The Labute approximate surface area is 84.3 Å². The highest BCUT2D eigenvalue weighted by atomic mass is 19.4. The van der Waals surface area contributed by atoms with E-state index in [9.17, 15) is 13.2 Å². The van der Waals surface area contributed by atoms with Gasteiger partial charge in [0.05, 0.1) is 5.52 Å². The van der Waals surface area contributed by atoms with Gasteiger partial charge >= 0.3 is 6.18 Å². The molecule has 0 amide bonds. The summed E-state index contributed by atoms with van der Waals surface area (Å²) in [5.74, 6) is 0. The van der Waals surface area contributed by atoms with Gasteiger partial charge in [0.15, 0.2) is 0 Å². The van der Waals surface area contributed by atoms with Gasteiger partial charge in [-0.1, -0.05) is 0 Å². The lowest BCUT2D eigenvalue weighted by molar-refractivity contribution is -0.137. The minimum atomic E-state index is -4.35. The molecular weight excluding hydrogens is 205 g/mol. The quantitative estimate of drug-likeness (QED) is 0.659. The SMILES string of the molecule is Cc1c(C(F)(F)F)c2ncccc2n1C. The minimum absolute atomic E-state index is 0.0185. The zero-order chi connectivity index (χ0) is 11.2. The summed E-state index contributed by atoms with van der Waals surface area (Å²) in [5.41, 5.74) is 0.0733. The van der Waals surface area contributed by atoms with E-state index in [4.69, 9.17) is 0 Å². The molecule has 0 aliphatic heterocycles. The van der Waals surface area contributed by atoms with Crippen LogP contribution in [0.15, 0.2) is 18.3 Å². The van der Waals surface area contributed by atoms with Crippen LogP contribution in [0.25, 0.3) is 11.0 Å². The highest BCUT2D eigenvalue weighted by molar-refractivity contribution is 5.81. The Kier molecular flexibility index (Phi) is 1.99. The van der Waals surface area contributed by atoms with Crippen molar-refractivity contribution in [1.29, 1.82) is 0 Å². The van der Waals surface area contributed by atoms with Crippen molar-refractivity contribution < 1.29 is 13.2 Å². The Balaban J connectivity index is 2.90. The maximum absolute atomic E-state index is 12.7. The van der Waals surface area contributed by atoms with Crippen LogP contribution >= 0.6 is 0 Å². The van der Waals surface area contributed by atoms with Crippen molar-refractivity contribution in [3.05, 3.63) is 29.6 Å². The molecule has 0 unspecified atom stereocenters. The molecule has 0 saturated carbocycles. The molecule has 0 N–H and O–H groups in total. The van der Waals surface area contributed by atoms with Crippen LogP contribution < -0.4 is 0 Å². The van der Waals surface area contributed by atoms with E-state index in [-0.39, 0.29) is 11.2 Å². The molecule has 2 aromatic rings. The fourth-order valence-corrected chi connectivity index (χ4v) is 1.72. The monoisotopic (exact) mass is 214 g/mol. The molecule has 0 aromatic carbocycles. The van der Waals surface area contributed by atoms with E-state index in [1.807, 2.05) is 0 Å². The zero-order valence-corrected chi connectivity index (χ0v) is 8.26. The molecule has 0 bridgehead atoms. The highest BCUT2D eigenvalue weighted by Crippen LogP contribution is 2.37. The average Bonchev–Trinajstić information content (AvgIpc) is 2.39. The third-order valence-corrected chi connectivity index (χ3v) is 2.53. The number of fused-ring (bicyclic) bond motifs is 1. The molecule has 2 aromatic heterocycles. The number of hydrogen-bond donors (Lipinski definition) is 0. The van der Waals surface area contributed by atoms with Crippen molar-refractivity contribution in [2.24, 2.45) is 7.05 Å². The van der Waals surface area contributed by atoms with Gasteiger partial charge in [-0.15, -0.1) is 0 Å². The lowest BCUT2D eigenvalue weighted by atomic mass is 10.2. The van der Waals surface area contributed by atoms with Gasteiger partial charge in [0.1, 0.15) is 11.1 Å². The topological polar surface area (TPSA) is 17.8 Å². The fourth-order valence-electron chi connectivity index (χ4n) is 1.72. The largest absolute Gasteiger partial charge is 0.420 e. The Morgan fingerprint density at radius 3 is 2.60 bits per heavy atom. The second kappa shape index (κ2) is 2.98. The summed E-state index contributed by atoms with van der Waals surface area (Å²) in [6.45, 7) is 1.45. The molecule has 2 heterocycles. The van der Waals surface area contributed by atoms with Crippen LogP contribution in [0, 0.1) is 6.92 Å². The molecule has 0 fully saturated rings. The Hall–Kier alpha value is -1.52. The van der Waals surface area contributed by atoms with Crippen LogP contribution in [0.4, 0.5) is 13.2 Å². The lowest BCUT2D eigenvalue weighted by Crippen LogP contribution is -2.07. The van der Waals surface area contributed by atoms with Gasteiger partial charge in [0.25, 0.3) is 0 Å². The maximum atomic E-state index is 12.7. The van der Waals surface area contributed by atoms with Gasteiger partial charge in [0, 0.05) is 18.9 Å². The number of pyridine rings is 1. The van der Waals surface area contributed by atoms with Crippen molar-refractivity contribution in [1.82, 2.24) is 9.55 Å². The molecule has 0 atom stereocenters. The molecule has 0 saturated heterocycles. The van der Waals surface area contributed by atoms with E-state index in [0.29, 0.717) is 5.52 Å². The smallest absolute Gasteiger partial charge is 0.346 e. The molecule has 80 valence electrons. The number of hydrogen-bond acceptors (Lipinski definition) is 1. The third-order valence-electron chi connectivity index (χ3n) is 2.53. The van der Waals surface area contributed by atoms with Crippen molar-refractivity contribution in [3.63, 3.8) is 0 Å². The van der Waals surface area contributed by atoms with Gasteiger partial charge in [0.2, 0.25) is 0 Å². The van der Waals surface area contributed by atoms with E-state index in [2.05, 4.69) is 4.98 Å². The second-order valence-corrected chi connectivity index (χ2v) is 3.39. The van der Waals surface area contributed by atoms with Crippen molar-refractivity contribution in [2.45, 2.75) is 13.1 Å². The van der Waals surface area contributed by atoms with Gasteiger partial charge in [-0.25, -0.2) is 0 Å². The number of halogens is 3. The van der Waals surface area contributed by atoms with E-state index in [1.54, 1.807) is 19.2 Å². The third kappa shape index (κ3) is 1.38. The summed E-state index contributed by atoms with van der Waals surface area (Å²) in [6, 6.07) is 3.26. The molecule has 2 nitrogen and oxygen atoms in total. The molecule has 2 rings (SSSR count). The Morgan fingerprint density at radius 2 is 2.00 bits per heavy atom. The maximum Gasteiger partial charge on any atom is 0.420 e. The lowest BCUT2D eigenvalue weighted by Gasteiger charge is -2.05. The summed E-state index contributed by atoms with van der Waals surface area (Å²) < 4.78 is 39.7. The highest BCUT2D eigenvalue weighted by Gasteiger charge is 2.37. The Morgan fingerprint density at radius 1 is 1.33 bits per heavy atom. The molecule has 0 aliphatic rings. The van der Waals surface area contributed by atoms with Crippen molar-refractivity contribution >= 4 is 11.0 Å². The van der Waals surface area contributed by atoms with Crippen LogP contribution in [0.3, 0.4) is 0 Å². The van der Waals surface area contributed by atoms with Gasteiger partial charge in [-0.2, -0.15) is 13.2 Å². The molecule has 0 spiro atoms. The van der Waals surface area contributed by atoms with Crippen LogP contribution in [-0.2, 0) is 13.2 Å². The summed E-state index contributed by atoms with van der Waals surface area (Å²) in [5, 5.41) is 0. The van der Waals surface area contributed by atoms with Crippen molar-refractivity contribution in [2.75, 3.05) is 0 Å². The fraction of sp³-hybridized carbons (Fsp3) is 0.300. The van der Waals surface area contributed by atoms with E-state index >= 15 is 0 Å². The summed E-state index contributed by atoms with van der Waals surface area (Å²) in [6.07, 6.45) is -2.98. The van der Waals surface area contributed by atoms with Gasteiger partial charge < -0.3 is 4.57 Å². The first kappa shape index (κ1) is 10.0. The van der Waals surface area contributed by atoms with E-state index < -0.39 is 11.7 Å². The normalized spacial score (nSPS) is 12.3. The average molecular weight is 214 g/mol. The number of rotatable bonds is 0. The summed E-state index contributed by atoms with van der Waals surface area (Å²) in [7, 11) is 1.61. The number of aryl methyl sites for hydroxylation is 1.